The Balaban J connectivity index is 1.77. The van der Waals surface area contributed by atoms with E-state index in [9.17, 15) is 19.8 Å². The molecule has 5 nitrogen and oxygen atoms in total. The molecule has 0 spiro atoms. The Kier molecular flexibility index (Phi) is 6.88. The zero-order valence-electron chi connectivity index (χ0n) is 16.1. The lowest BCUT2D eigenvalue weighted by Crippen LogP contribution is -2.00. The molecule has 0 fully saturated rings. The summed E-state index contributed by atoms with van der Waals surface area (Å²) in [5, 5.41) is 29.5. The number of para-hydroxylation sites is 1. The van der Waals surface area contributed by atoms with Crippen molar-refractivity contribution < 1.29 is 24.9 Å². The quantitative estimate of drug-likeness (QED) is 0.281. The Morgan fingerprint density at radius 3 is 2.28 bits per heavy atom. The van der Waals surface area contributed by atoms with Crippen LogP contribution in [0.3, 0.4) is 0 Å². The number of carbonyl (C=O) groups excluding carboxylic acids is 1. The Bertz CT molecular complexity index is 1020. The monoisotopic (exact) mass is 412 g/mol. The van der Waals surface area contributed by atoms with Crippen LogP contribution in [0.1, 0.15) is 55.3 Å². The number of phenolic OH excluding ortho intramolecular Hbond substituents is 2. The van der Waals surface area contributed by atoms with Gasteiger partial charge in [-0.05, 0) is 43.2 Å². The molecular weight excluding hydrogens is 388 g/mol. The maximum absolute atomic E-state index is 13.1. The Labute approximate surface area is 173 Å². The summed E-state index contributed by atoms with van der Waals surface area (Å²) in [6.45, 7) is 0. The number of hydrogen-bond acceptors (Lipinski definition) is 5. The number of aliphatic carboxylic acids is 1. The molecule has 0 saturated carbocycles. The van der Waals surface area contributed by atoms with Crippen LogP contribution < -0.4 is 0 Å². The highest BCUT2D eigenvalue weighted by atomic mass is 32.1. The van der Waals surface area contributed by atoms with E-state index in [-0.39, 0.29) is 23.7 Å². The van der Waals surface area contributed by atoms with Gasteiger partial charge < -0.3 is 15.3 Å². The predicted octanol–water partition coefficient (Wildman–Crippen LogP) is 5.98. The highest BCUT2D eigenvalue weighted by Gasteiger charge is 2.21. The summed E-state index contributed by atoms with van der Waals surface area (Å²) in [6.07, 6.45) is 4.62. The lowest BCUT2D eigenvalue weighted by atomic mass is 9.98. The van der Waals surface area contributed by atoms with Gasteiger partial charge in [0.15, 0.2) is 5.78 Å². The van der Waals surface area contributed by atoms with E-state index in [0.717, 1.165) is 40.6 Å². The first-order chi connectivity index (χ1) is 14.0. The van der Waals surface area contributed by atoms with E-state index in [1.807, 2.05) is 6.07 Å². The summed E-state index contributed by atoms with van der Waals surface area (Å²) in [4.78, 5) is 24.3. The van der Waals surface area contributed by atoms with Gasteiger partial charge in [0.2, 0.25) is 0 Å². The summed E-state index contributed by atoms with van der Waals surface area (Å²) < 4.78 is 0.806. The molecule has 3 aromatic rings. The number of ketones is 1. The van der Waals surface area contributed by atoms with Crippen molar-refractivity contribution >= 4 is 33.2 Å². The van der Waals surface area contributed by atoms with E-state index in [4.69, 9.17) is 5.11 Å². The fourth-order valence-electron chi connectivity index (χ4n) is 3.43. The molecule has 0 aliphatic carbocycles. The van der Waals surface area contributed by atoms with E-state index < -0.39 is 5.97 Å². The number of benzene rings is 2. The van der Waals surface area contributed by atoms with Crippen molar-refractivity contribution in [3.63, 3.8) is 0 Å². The minimum Gasteiger partial charge on any atom is -0.508 e. The number of carboxylic acids is 1. The molecule has 0 atom stereocenters. The standard InChI is InChI=1S/C23H24O5S/c24-15-12-13-17-20(14-15)29-23(16-8-6-7-9-18(16)25)22(17)19(26)10-4-2-1-3-5-11-21(27)28/h6-9,12-14,24-25H,1-5,10-11H2,(H,27,28). The second kappa shape index (κ2) is 9.56. The molecule has 0 unspecified atom stereocenters. The molecule has 0 bridgehead atoms. The van der Waals surface area contributed by atoms with Crippen LogP contribution in [0.25, 0.3) is 20.5 Å². The molecule has 3 rings (SSSR count). The molecule has 0 saturated heterocycles. The predicted molar refractivity (Wildman–Crippen MR) is 115 cm³/mol. The number of unbranched alkanes of at least 4 members (excludes halogenated alkanes) is 4. The van der Waals surface area contributed by atoms with Crippen LogP contribution >= 0.6 is 11.3 Å². The first kappa shape index (κ1) is 20.9. The molecule has 6 heteroatoms. The second-order valence-electron chi connectivity index (χ2n) is 7.09. The van der Waals surface area contributed by atoms with Crippen molar-refractivity contribution in [3.8, 4) is 21.9 Å². The summed E-state index contributed by atoms with van der Waals surface area (Å²) in [7, 11) is 0. The Morgan fingerprint density at radius 2 is 1.55 bits per heavy atom. The minimum atomic E-state index is -0.771. The SMILES string of the molecule is O=C(O)CCCCCCCC(=O)c1c(-c2ccccc2O)sc2cc(O)ccc12. The van der Waals surface area contributed by atoms with Gasteiger partial charge in [0.1, 0.15) is 11.5 Å². The van der Waals surface area contributed by atoms with E-state index in [1.54, 1.807) is 36.4 Å². The summed E-state index contributed by atoms with van der Waals surface area (Å²) in [6, 6.07) is 11.9. The van der Waals surface area contributed by atoms with Crippen LogP contribution in [-0.4, -0.2) is 27.1 Å². The molecule has 0 radical (unpaired) electrons. The molecule has 1 aromatic heterocycles. The summed E-state index contributed by atoms with van der Waals surface area (Å²) in [5.74, 6) is -0.489. The summed E-state index contributed by atoms with van der Waals surface area (Å²) >= 11 is 1.39. The Morgan fingerprint density at radius 1 is 0.862 bits per heavy atom. The van der Waals surface area contributed by atoms with Gasteiger partial charge in [0, 0.05) is 34.1 Å². The van der Waals surface area contributed by atoms with E-state index in [1.165, 1.54) is 11.3 Å². The third-order valence-corrected chi connectivity index (χ3v) is 6.08. The zero-order valence-corrected chi connectivity index (χ0v) is 16.9. The van der Waals surface area contributed by atoms with Crippen LogP contribution in [0, 0.1) is 0 Å². The van der Waals surface area contributed by atoms with Gasteiger partial charge in [0.05, 0.1) is 4.88 Å². The number of rotatable bonds is 10. The van der Waals surface area contributed by atoms with Gasteiger partial charge in [-0.2, -0.15) is 0 Å². The van der Waals surface area contributed by atoms with Crippen LogP contribution in [0.15, 0.2) is 42.5 Å². The second-order valence-corrected chi connectivity index (χ2v) is 8.14. The lowest BCUT2D eigenvalue weighted by molar-refractivity contribution is -0.137. The topological polar surface area (TPSA) is 94.8 Å². The summed E-state index contributed by atoms with van der Waals surface area (Å²) in [5.41, 5.74) is 1.21. The highest BCUT2D eigenvalue weighted by molar-refractivity contribution is 7.22. The number of hydrogen-bond donors (Lipinski definition) is 3. The van der Waals surface area contributed by atoms with E-state index in [0.29, 0.717) is 24.0 Å². The van der Waals surface area contributed by atoms with Crippen LogP contribution in [0.4, 0.5) is 0 Å². The van der Waals surface area contributed by atoms with Crippen molar-refractivity contribution in [1.82, 2.24) is 0 Å². The largest absolute Gasteiger partial charge is 0.508 e. The molecule has 0 aliphatic rings. The van der Waals surface area contributed by atoms with Crippen LogP contribution in [0.5, 0.6) is 11.5 Å². The fraction of sp³-hybridized carbons (Fsp3) is 0.304. The van der Waals surface area contributed by atoms with Crippen LogP contribution in [0.2, 0.25) is 0 Å². The van der Waals surface area contributed by atoms with Gasteiger partial charge in [0.25, 0.3) is 0 Å². The number of Topliss-reactive ketones (excluding diaryl/α,β-unsaturated/α-hetero) is 1. The van der Waals surface area contributed by atoms with Crippen molar-refractivity contribution in [2.45, 2.75) is 44.9 Å². The van der Waals surface area contributed by atoms with Crippen molar-refractivity contribution in [2.24, 2.45) is 0 Å². The minimum absolute atomic E-state index is 0.0192. The number of carboxylic acid groups (broad SMARTS) is 1. The van der Waals surface area contributed by atoms with Crippen LogP contribution in [-0.2, 0) is 4.79 Å². The van der Waals surface area contributed by atoms with E-state index in [2.05, 4.69) is 0 Å². The average Bonchev–Trinajstić information content (AvgIpc) is 3.05. The van der Waals surface area contributed by atoms with Gasteiger partial charge in [-0.15, -0.1) is 11.3 Å². The van der Waals surface area contributed by atoms with Gasteiger partial charge in [-0.3, -0.25) is 9.59 Å². The maximum atomic E-state index is 13.1. The highest BCUT2D eigenvalue weighted by Crippen LogP contribution is 2.43. The molecule has 0 aliphatic heterocycles. The number of aromatic hydroxyl groups is 2. The zero-order chi connectivity index (χ0) is 20.8. The fourth-order valence-corrected chi connectivity index (χ4v) is 4.72. The molecular formula is C23H24O5S. The third-order valence-electron chi connectivity index (χ3n) is 4.90. The number of phenols is 2. The molecule has 29 heavy (non-hydrogen) atoms. The maximum Gasteiger partial charge on any atom is 0.303 e. The van der Waals surface area contributed by atoms with Crippen molar-refractivity contribution in [3.05, 3.63) is 48.0 Å². The number of fused-ring (bicyclic) bond motifs is 1. The molecule has 1 heterocycles. The first-order valence-electron chi connectivity index (χ1n) is 9.76. The van der Waals surface area contributed by atoms with Gasteiger partial charge in [-0.25, -0.2) is 0 Å². The van der Waals surface area contributed by atoms with Gasteiger partial charge >= 0.3 is 5.97 Å². The third kappa shape index (κ3) is 5.15. The smallest absolute Gasteiger partial charge is 0.303 e. The van der Waals surface area contributed by atoms with Crippen molar-refractivity contribution in [1.29, 1.82) is 0 Å². The molecule has 152 valence electrons. The first-order valence-corrected chi connectivity index (χ1v) is 10.6. The van der Waals surface area contributed by atoms with Gasteiger partial charge in [-0.1, -0.05) is 31.4 Å². The molecule has 2 aromatic carbocycles. The Hall–Kier alpha value is -2.86. The number of thiophene rings is 1. The number of carbonyl (C=O) groups is 2. The molecule has 0 amide bonds. The van der Waals surface area contributed by atoms with Crippen molar-refractivity contribution in [2.75, 3.05) is 0 Å². The van der Waals surface area contributed by atoms with E-state index >= 15 is 0 Å². The normalized spacial score (nSPS) is 11.0. The molecule has 3 N–H and O–H groups in total. The lowest BCUT2D eigenvalue weighted by Gasteiger charge is -2.07. The average molecular weight is 413 g/mol.